The number of nitrogens with two attached hydrogens (primary N) is 1. The van der Waals surface area contributed by atoms with E-state index < -0.39 is 17.3 Å². The fourth-order valence-corrected chi connectivity index (χ4v) is 4.29. The lowest BCUT2D eigenvalue weighted by Gasteiger charge is -2.34. The molecule has 0 spiro atoms. The third-order valence-corrected chi connectivity index (χ3v) is 5.78. The number of pyridine rings is 1. The predicted octanol–water partition coefficient (Wildman–Crippen LogP) is 2.92. The van der Waals surface area contributed by atoms with Crippen LogP contribution in [-0.4, -0.2) is 52.6 Å². The first-order valence-electron chi connectivity index (χ1n) is 9.74. The van der Waals surface area contributed by atoms with Gasteiger partial charge >= 0.3 is 5.97 Å². The minimum atomic E-state index is -1.37. The highest BCUT2D eigenvalue weighted by Crippen LogP contribution is 2.54. The number of allylic oxidation sites excluding steroid dienone is 1. The van der Waals surface area contributed by atoms with Crippen molar-refractivity contribution in [2.45, 2.75) is 44.7 Å². The number of carbonyl (C=O) groups excluding carboxylic acids is 1. The number of aromatic nitrogens is 1. The molecule has 9 heteroatoms. The van der Waals surface area contributed by atoms with Crippen LogP contribution in [0.5, 0.6) is 5.75 Å². The zero-order chi connectivity index (χ0) is 22.1. The Balaban J connectivity index is 2.03. The van der Waals surface area contributed by atoms with Gasteiger partial charge in [0.25, 0.3) is 0 Å². The number of methoxy groups -OCH3 is 1. The third-order valence-electron chi connectivity index (χ3n) is 5.51. The topological polar surface area (TPSA) is 115 Å². The Morgan fingerprint density at radius 1 is 1.43 bits per heavy atom. The molecule has 3 rings (SSSR count). The minimum absolute atomic E-state index is 0.00951. The van der Waals surface area contributed by atoms with Crippen molar-refractivity contribution in [1.82, 2.24) is 9.88 Å². The molecule has 1 atom stereocenters. The fraction of sp³-hybridized carbons (Fsp3) is 0.476. The van der Waals surface area contributed by atoms with Gasteiger partial charge in [0.15, 0.2) is 16.7 Å². The van der Waals surface area contributed by atoms with Crippen molar-refractivity contribution in [2.75, 3.05) is 20.3 Å². The SMILES string of the molecule is COCCCOc1cc2c(nc1Cl)/C(=C/C(=O)/C(=C\N)C(=O)O)N1C2CCC1(C)C. The van der Waals surface area contributed by atoms with Crippen LogP contribution in [0, 0.1) is 0 Å². The first-order chi connectivity index (χ1) is 14.2. The van der Waals surface area contributed by atoms with Crippen molar-refractivity contribution in [3.63, 3.8) is 0 Å². The number of carboxylic acid groups (broad SMARTS) is 1. The molecule has 30 heavy (non-hydrogen) atoms. The number of carbonyl (C=O) groups is 2. The summed E-state index contributed by atoms with van der Waals surface area (Å²) in [6, 6.07) is 1.88. The second kappa shape index (κ2) is 8.65. The Bertz CT molecular complexity index is 925. The highest BCUT2D eigenvalue weighted by atomic mass is 35.5. The molecule has 0 aliphatic carbocycles. The average Bonchev–Trinajstić information content (AvgIpc) is 3.14. The highest BCUT2D eigenvalue weighted by Gasteiger charge is 2.48. The molecule has 0 bridgehead atoms. The number of hydrogen-bond donors (Lipinski definition) is 2. The summed E-state index contributed by atoms with van der Waals surface area (Å²) < 4.78 is 10.8. The van der Waals surface area contributed by atoms with Gasteiger partial charge < -0.3 is 25.2 Å². The maximum absolute atomic E-state index is 12.6. The quantitative estimate of drug-likeness (QED) is 0.210. The number of ketones is 1. The Labute approximate surface area is 180 Å². The molecule has 2 aliphatic rings. The van der Waals surface area contributed by atoms with Crippen molar-refractivity contribution in [1.29, 1.82) is 0 Å². The normalized spacial score (nSPS) is 20.9. The second-order valence-corrected chi connectivity index (χ2v) is 8.28. The van der Waals surface area contributed by atoms with Gasteiger partial charge in [-0.15, -0.1) is 0 Å². The van der Waals surface area contributed by atoms with E-state index in [0.29, 0.717) is 30.4 Å². The van der Waals surface area contributed by atoms with Gasteiger partial charge in [-0.05, 0) is 32.8 Å². The van der Waals surface area contributed by atoms with E-state index in [0.717, 1.165) is 31.0 Å². The summed E-state index contributed by atoms with van der Waals surface area (Å²) >= 11 is 6.37. The van der Waals surface area contributed by atoms with Crippen molar-refractivity contribution < 1.29 is 24.2 Å². The molecular formula is C21H26ClN3O5. The van der Waals surface area contributed by atoms with Crippen molar-refractivity contribution in [3.05, 3.63) is 40.3 Å². The molecule has 2 aliphatic heterocycles. The molecule has 0 amide bonds. The summed E-state index contributed by atoms with van der Waals surface area (Å²) in [4.78, 5) is 30.6. The van der Waals surface area contributed by atoms with E-state index in [-0.39, 0.29) is 16.7 Å². The lowest BCUT2D eigenvalue weighted by molar-refractivity contribution is -0.134. The Morgan fingerprint density at radius 3 is 2.80 bits per heavy atom. The molecule has 0 saturated carbocycles. The third kappa shape index (κ3) is 4.02. The number of halogens is 1. The summed E-state index contributed by atoms with van der Waals surface area (Å²) in [6.07, 6.45) is 4.60. The maximum Gasteiger partial charge on any atom is 0.341 e. The molecule has 1 aromatic rings. The van der Waals surface area contributed by atoms with Crippen LogP contribution < -0.4 is 10.5 Å². The average molecular weight is 436 g/mol. The molecule has 162 valence electrons. The van der Waals surface area contributed by atoms with Gasteiger partial charge in [-0.1, -0.05) is 11.6 Å². The van der Waals surface area contributed by atoms with E-state index in [1.54, 1.807) is 7.11 Å². The molecule has 1 saturated heterocycles. The largest absolute Gasteiger partial charge is 0.490 e. The van der Waals surface area contributed by atoms with Crippen molar-refractivity contribution >= 4 is 29.1 Å². The predicted molar refractivity (Wildman–Crippen MR) is 112 cm³/mol. The van der Waals surface area contributed by atoms with Gasteiger partial charge in [0, 0.05) is 43.5 Å². The first-order valence-corrected chi connectivity index (χ1v) is 10.1. The van der Waals surface area contributed by atoms with E-state index in [9.17, 15) is 14.7 Å². The molecule has 0 radical (unpaired) electrons. The van der Waals surface area contributed by atoms with Crippen LogP contribution >= 0.6 is 11.6 Å². The van der Waals surface area contributed by atoms with Crippen LogP contribution in [0.3, 0.4) is 0 Å². The highest BCUT2D eigenvalue weighted by molar-refractivity contribution is 6.31. The van der Waals surface area contributed by atoms with Crippen molar-refractivity contribution in [2.24, 2.45) is 5.73 Å². The summed E-state index contributed by atoms with van der Waals surface area (Å²) in [7, 11) is 1.63. The Kier molecular flexibility index (Phi) is 6.38. The van der Waals surface area contributed by atoms with Crippen LogP contribution in [0.15, 0.2) is 23.9 Å². The van der Waals surface area contributed by atoms with Crippen LogP contribution in [-0.2, 0) is 14.3 Å². The molecule has 8 nitrogen and oxygen atoms in total. The number of aliphatic carboxylic acids is 1. The van der Waals surface area contributed by atoms with Crippen LogP contribution in [0.4, 0.5) is 0 Å². The van der Waals surface area contributed by atoms with Crippen LogP contribution in [0.2, 0.25) is 5.15 Å². The van der Waals surface area contributed by atoms with Gasteiger partial charge in [-0.25, -0.2) is 9.78 Å². The lowest BCUT2D eigenvalue weighted by Crippen LogP contribution is -2.35. The monoisotopic (exact) mass is 435 g/mol. The van der Waals surface area contributed by atoms with E-state index in [2.05, 4.69) is 23.7 Å². The number of nitrogens with zero attached hydrogens (tertiary/aromatic N) is 2. The van der Waals surface area contributed by atoms with Gasteiger partial charge in [0.1, 0.15) is 5.57 Å². The van der Waals surface area contributed by atoms with Crippen molar-refractivity contribution in [3.8, 4) is 5.75 Å². The van der Waals surface area contributed by atoms with Gasteiger partial charge in [0.05, 0.1) is 24.0 Å². The molecule has 1 unspecified atom stereocenters. The maximum atomic E-state index is 12.6. The molecule has 3 heterocycles. The van der Waals surface area contributed by atoms with Gasteiger partial charge in [0.2, 0.25) is 0 Å². The van der Waals surface area contributed by atoms with Gasteiger partial charge in [-0.2, -0.15) is 0 Å². The Hall–Kier alpha value is -2.58. The zero-order valence-corrected chi connectivity index (χ0v) is 18.0. The number of rotatable bonds is 8. The summed E-state index contributed by atoms with van der Waals surface area (Å²) in [6.45, 7) is 5.18. The van der Waals surface area contributed by atoms with Gasteiger partial charge in [-0.3, -0.25) is 4.79 Å². The molecular weight excluding hydrogens is 410 g/mol. The number of carboxylic acids is 1. The standard InChI is InChI=1S/C21H26ClN3O5/c1-21(2)6-5-14-12-9-17(30-8-4-7-29-3)19(22)24-18(12)15(25(14)21)10-16(26)13(11-23)20(27)28/h9-11,14H,4-8,23H2,1-3H3,(H,27,28)/b13-11+,15-10-. The van der Waals surface area contributed by atoms with E-state index >= 15 is 0 Å². The summed E-state index contributed by atoms with van der Waals surface area (Å²) in [5.74, 6) is -1.58. The second-order valence-electron chi connectivity index (χ2n) is 7.93. The fourth-order valence-electron chi connectivity index (χ4n) is 4.10. The molecule has 1 aromatic heterocycles. The smallest absolute Gasteiger partial charge is 0.341 e. The summed E-state index contributed by atoms with van der Waals surface area (Å²) in [5.41, 5.74) is 6.65. The molecule has 0 aromatic carbocycles. The molecule has 1 fully saturated rings. The first kappa shape index (κ1) is 22.1. The summed E-state index contributed by atoms with van der Waals surface area (Å²) in [5, 5.41) is 9.42. The minimum Gasteiger partial charge on any atom is -0.490 e. The lowest BCUT2D eigenvalue weighted by atomic mass is 9.98. The van der Waals surface area contributed by atoms with E-state index in [1.165, 1.54) is 6.08 Å². The number of hydrogen-bond acceptors (Lipinski definition) is 7. The Morgan fingerprint density at radius 2 is 2.17 bits per heavy atom. The number of ether oxygens (including phenoxy) is 2. The van der Waals surface area contributed by atoms with E-state index in [1.807, 2.05) is 6.07 Å². The van der Waals surface area contributed by atoms with Crippen LogP contribution in [0.25, 0.3) is 5.70 Å². The number of fused-ring (bicyclic) bond motifs is 3. The van der Waals surface area contributed by atoms with Crippen LogP contribution in [0.1, 0.15) is 50.4 Å². The zero-order valence-electron chi connectivity index (χ0n) is 17.3. The van der Waals surface area contributed by atoms with E-state index in [4.69, 9.17) is 26.8 Å². The molecule has 3 N–H and O–H groups in total.